The molecule has 1 aromatic heterocycles. The van der Waals surface area contributed by atoms with Crippen LogP contribution >= 0.6 is 0 Å². The third-order valence-electron chi connectivity index (χ3n) is 2.59. The third-order valence-corrected chi connectivity index (χ3v) is 2.59. The molecular formula is C13H21N3O2. The zero-order valence-corrected chi connectivity index (χ0v) is 11.1. The first-order valence-electron chi connectivity index (χ1n) is 6.42. The zero-order chi connectivity index (χ0) is 13.4. The molecule has 0 aliphatic carbocycles. The van der Waals surface area contributed by atoms with Crippen LogP contribution in [0.5, 0.6) is 0 Å². The van der Waals surface area contributed by atoms with Gasteiger partial charge < -0.3 is 10.4 Å². The lowest BCUT2D eigenvalue weighted by atomic mass is 10.2. The van der Waals surface area contributed by atoms with Gasteiger partial charge in [-0.2, -0.15) is 0 Å². The Kier molecular flexibility index (Phi) is 6.11. The van der Waals surface area contributed by atoms with E-state index >= 15 is 0 Å². The molecule has 2 N–H and O–H groups in total. The molecule has 0 aliphatic heterocycles. The van der Waals surface area contributed by atoms with Gasteiger partial charge in [0.1, 0.15) is 11.6 Å². The fraction of sp³-hybridized carbons (Fsp3) is 0.615. The number of hydrogen-bond donors (Lipinski definition) is 2. The summed E-state index contributed by atoms with van der Waals surface area (Å²) in [5, 5.41) is 11.8. The molecule has 5 nitrogen and oxygen atoms in total. The first-order chi connectivity index (χ1) is 8.61. The van der Waals surface area contributed by atoms with E-state index in [1.165, 1.54) is 0 Å². The molecule has 0 saturated carbocycles. The summed E-state index contributed by atoms with van der Waals surface area (Å²) in [6.07, 6.45) is 3.70. The summed E-state index contributed by atoms with van der Waals surface area (Å²) in [7, 11) is 0. The number of carbonyl (C=O) groups is 1. The van der Waals surface area contributed by atoms with Crippen LogP contribution in [0, 0.1) is 6.92 Å². The first kappa shape index (κ1) is 14.4. The molecule has 0 bridgehead atoms. The average Bonchev–Trinajstić information content (AvgIpc) is 2.32. The van der Waals surface area contributed by atoms with Crippen LogP contribution in [0.15, 0.2) is 6.07 Å². The Bertz CT molecular complexity index is 394. The average molecular weight is 251 g/mol. The van der Waals surface area contributed by atoms with Crippen LogP contribution in [0.4, 0.5) is 5.82 Å². The SMILES string of the molecule is CCc1nc(C)cc(NCCCCCC(=O)O)n1. The van der Waals surface area contributed by atoms with Crippen molar-refractivity contribution in [2.24, 2.45) is 0 Å². The second kappa shape index (κ2) is 7.63. The molecule has 1 aromatic rings. The summed E-state index contributed by atoms with van der Waals surface area (Å²) in [4.78, 5) is 19.0. The van der Waals surface area contributed by atoms with Crippen molar-refractivity contribution >= 4 is 11.8 Å². The Morgan fingerprint density at radius 3 is 2.78 bits per heavy atom. The molecule has 0 atom stereocenters. The number of unbranched alkanes of at least 4 members (excludes halogenated alkanes) is 2. The maximum absolute atomic E-state index is 10.3. The van der Waals surface area contributed by atoms with E-state index in [0.717, 1.165) is 49.6 Å². The lowest BCUT2D eigenvalue weighted by molar-refractivity contribution is -0.137. The number of nitrogens with zero attached hydrogens (tertiary/aromatic N) is 2. The van der Waals surface area contributed by atoms with E-state index in [0.29, 0.717) is 0 Å². The van der Waals surface area contributed by atoms with Crippen molar-refractivity contribution in [3.63, 3.8) is 0 Å². The predicted molar refractivity (Wildman–Crippen MR) is 70.7 cm³/mol. The number of aryl methyl sites for hydroxylation is 2. The molecule has 1 heterocycles. The molecule has 1 rings (SSSR count). The highest BCUT2D eigenvalue weighted by atomic mass is 16.4. The number of anilines is 1. The molecule has 0 radical (unpaired) electrons. The first-order valence-corrected chi connectivity index (χ1v) is 6.42. The lowest BCUT2D eigenvalue weighted by Crippen LogP contribution is -2.06. The molecule has 0 aliphatic rings. The molecule has 0 amide bonds. The van der Waals surface area contributed by atoms with E-state index < -0.39 is 5.97 Å². The monoisotopic (exact) mass is 251 g/mol. The van der Waals surface area contributed by atoms with Gasteiger partial charge in [0.25, 0.3) is 0 Å². The Morgan fingerprint density at radius 1 is 1.33 bits per heavy atom. The second-order valence-electron chi connectivity index (χ2n) is 4.30. The van der Waals surface area contributed by atoms with Gasteiger partial charge in [0.2, 0.25) is 0 Å². The van der Waals surface area contributed by atoms with Gasteiger partial charge in [-0.1, -0.05) is 13.3 Å². The topological polar surface area (TPSA) is 75.1 Å². The third kappa shape index (κ3) is 5.61. The van der Waals surface area contributed by atoms with Crippen LogP contribution in [-0.2, 0) is 11.2 Å². The largest absolute Gasteiger partial charge is 0.481 e. The summed E-state index contributed by atoms with van der Waals surface area (Å²) in [5.41, 5.74) is 0.968. The fourth-order valence-corrected chi connectivity index (χ4v) is 1.67. The number of carboxylic acids is 1. The highest BCUT2D eigenvalue weighted by Crippen LogP contribution is 2.07. The fourth-order valence-electron chi connectivity index (χ4n) is 1.67. The number of aliphatic carboxylic acids is 1. The number of nitrogens with one attached hydrogen (secondary N) is 1. The summed E-state index contributed by atoms with van der Waals surface area (Å²) in [6.45, 7) is 4.81. The highest BCUT2D eigenvalue weighted by Gasteiger charge is 2.00. The van der Waals surface area contributed by atoms with Gasteiger partial charge in [0.15, 0.2) is 0 Å². The Hall–Kier alpha value is -1.65. The molecule has 0 aromatic carbocycles. The van der Waals surface area contributed by atoms with Crippen LogP contribution < -0.4 is 5.32 Å². The van der Waals surface area contributed by atoms with Crippen molar-refractivity contribution in [1.82, 2.24) is 9.97 Å². The summed E-state index contributed by atoms with van der Waals surface area (Å²) in [5.74, 6) is 0.989. The van der Waals surface area contributed by atoms with Gasteiger partial charge in [-0.25, -0.2) is 9.97 Å². The lowest BCUT2D eigenvalue weighted by Gasteiger charge is -2.07. The predicted octanol–water partition coefficient (Wildman–Crippen LogP) is 2.40. The van der Waals surface area contributed by atoms with Gasteiger partial charge in [0.05, 0.1) is 0 Å². The Balaban J connectivity index is 2.26. The van der Waals surface area contributed by atoms with Gasteiger partial charge >= 0.3 is 5.97 Å². The molecule has 0 unspecified atom stereocenters. The van der Waals surface area contributed by atoms with Crippen molar-refractivity contribution in [2.45, 2.75) is 46.0 Å². The van der Waals surface area contributed by atoms with Crippen molar-refractivity contribution in [1.29, 1.82) is 0 Å². The van der Waals surface area contributed by atoms with Crippen LogP contribution in [0.2, 0.25) is 0 Å². The van der Waals surface area contributed by atoms with Crippen LogP contribution in [-0.4, -0.2) is 27.6 Å². The van der Waals surface area contributed by atoms with Gasteiger partial charge in [-0.3, -0.25) is 4.79 Å². The highest BCUT2D eigenvalue weighted by molar-refractivity contribution is 5.66. The molecule has 100 valence electrons. The van der Waals surface area contributed by atoms with Crippen molar-refractivity contribution < 1.29 is 9.90 Å². The number of aromatic nitrogens is 2. The van der Waals surface area contributed by atoms with E-state index in [1.54, 1.807) is 0 Å². The number of rotatable bonds is 8. The minimum Gasteiger partial charge on any atom is -0.481 e. The van der Waals surface area contributed by atoms with Crippen molar-refractivity contribution in [3.05, 3.63) is 17.6 Å². The Morgan fingerprint density at radius 2 is 2.11 bits per heavy atom. The maximum Gasteiger partial charge on any atom is 0.303 e. The van der Waals surface area contributed by atoms with Gasteiger partial charge in [0, 0.05) is 31.1 Å². The molecule has 0 spiro atoms. The maximum atomic E-state index is 10.3. The summed E-state index contributed by atoms with van der Waals surface area (Å²) in [6, 6.07) is 1.93. The summed E-state index contributed by atoms with van der Waals surface area (Å²) < 4.78 is 0. The van der Waals surface area contributed by atoms with E-state index in [-0.39, 0.29) is 6.42 Å². The van der Waals surface area contributed by atoms with Crippen molar-refractivity contribution in [3.8, 4) is 0 Å². The molecule has 0 fully saturated rings. The van der Waals surface area contributed by atoms with Crippen LogP contribution in [0.1, 0.15) is 44.1 Å². The standard InChI is InChI=1S/C13H21N3O2/c1-3-11-15-10(2)9-12(16-11)14-8-6-4-5-7-13(17)18/h9H,3-8H2,1-2H3,(H,17,18)(H,14,15,16). The molecular weight excluding hydrogens is 230 g/mol. The van der Waals surface area contributed by atoms with Crippen molar-refractivity contribution in [2.75, 3.05) is 11.9 Å². The number of hydrogen-bond acceptors (Lipinski definition) is 4. The second-order valence-corrected chi connectivity index (χ2v) is 4.30. The normalized spacial score (nSPS) is 10.3. The van der Waals surface area contributed by atoms with Gasteiger partial charge in [-0.05, 0) is 19.8 Å². The molecule has 0 saturated heterocycles. The van der Waals surface area contributed by atoms with Crippen LogP contribution in [0.25, 0.3) is 0 Å². The smallest absolute Gasteiger partial charge is 0.303 e. The quantitative estimate of drug-likeness (QED) is 0.694. The summed E-state index contributed by atoms with van der Waals surface area (Å²) >= 11 is 0. The Labute approximate surface area is 108 Å². The molecule has 5 heteroatoms. The van der Waals surface area contributed by atoms with E-state index in [4.69, 9.17) is 5.11 Å². The molecule has 18 heavy (non-hydrogen) atoms. The van der Waals surface area contributed by atoms with Crippen LogP contribution in [0.3, 0.4) is 0 Å². The minimum atomic E-state index is -0.720. The van der Waals surface area contributed by atoms with E-state index in [1.807, 2.05) is 19.9 Å². The number of carboxylic acid groups (broad SMARTS) is 1. The zero-order valence-electron chi connectivity index (χ0n) is 11.1. The van der Waals surface area contributed by atoms with E-state index in [2.05, 4.69) is 15.3 Å². The minimum absolute atomic E-state index is 0.257. The van der Waals surface area contributed by atoms with E-state index in [9.17, 15) is 4.79 Å². The van der Waals surface area contributed by atoms with Gasteiger partial charge in [-0.15, -0.1) is 0 Å².